The van der Waals surface area contributed by atoms with E-state index in [1.165, 1.54) is 0 Å². The van der Waals surface area contributed by atoms with Crippen molar-refractivity contribution in [2.75, 3.05) is 13.2 Å². The Kier molecular flexibility index (Phi) is 5.07. The summed E-state index contributed by atoms with van der Waals surface area (Å²) in [5.41, 5.74) is 1.50. The maximum atomic E-state index is 13.2. The topological polar surface area (TPSA) is 51.2 Å². The van der Waals surface area contributed by atoms with E-state index in [0.29, 0.717) is 32.6 Å². The molecule has 0 saturated carbocycles. The zero-order valence-corrected chi connectivity index (χ0v) is 16.6. The van der Waals surface area contributed by atoms with Crippen LogP contribution in [0.1, 0.15) is 23.4 Å². The van der Waals surface area contributed by atoms with Gasteiger partial charge >= 0.3 is 0 Å². The summed E-state index contributed by atoms with van der Waals surface area (Å²) >= 11 is 5.10. The summed E-state index contributed by atoms with van der Waals surface area (Å²) in [6, 6.07) is 16.1. The van der Waals surface area contributed by atoms with Gasteiger partial charge < -0.3 is 10.1 Å². The normalized spacial score (nSPS) is 16.5. The molecular formula is C20H19BrN2O2S. The summed E-state index contributed by atoms with van der Waals surface area (Å²) in [6.45, 7) is 1.66. The molecule has 4 rings (SSSR count). The van der Waals surface area contributed by atoms with Crippen LogP contribution in [0.5, 0.6) is 0 Å². The summed E-state index contributed by atoms with van der Waals surface area (Å²) in [6.07, 6.45) is 1.39. The van der Waals surface area contributed by atoms with Crippen molar-refractivity contribution in [3.8, 4) is 0 Å². The number of fused-ring (bicyclic) bond motifs is 1. The third-order valence-electron chi connectivity index (χ3n) is 4.92. The smallest absolute Gasteiger partial charge is 0.231 e. The van der Waals surface area contributed by atoms with Crippen LogP contribution in [0.15, 0.2) is 53.0 Å². The fourth-order valence-electron chi connectivity index (χ4n) is 3.46. The van der Waals surface area contributed by atoms with Crippen molar-refractivity contribution >= 4 is 43.4 Å². The highest BCUT2D eigenvalue weighted by Gasteiger charge is 2.41. The van der Waals surface area contributed by atoms with Crippen LogP contribution in [0, 0.1) is 0 Å². The number of para-hydroxylation sites is 1. The number of carbonyl (C=O) groups is 1. The van der Waals surface area contributed by atoms with E-state index in [0.717, 1.165) is 25.3 Å². The predicted molar refractivity (Wildman–Crippen MR) is 107 cm³/mol. The lowest BCUT2D eigenvalue weighted by molar-refractivity contribution is -0.130. The number of hydrogen-bond acceptors (Lipinski definition) is 4. The first kappa shape index (κ1) is 17.6. The lowest BCUT2D eigenvalue weighted by Gasteiger charge is -2.36. The number of halogens is 1. The highest BCUT2D eigenvalue weighted by molar-refractivity contribution is 9.10. The molecule has 134 valence electrons. The van der Waals surface area contributed by atoms with Crippen molar-refractivity contribution in [2.24, 2.45) is 0 Å². The van der Waals surface area contributed by atoms with E-state index in [-0.39, 0.29) is 5.91 Å². The van der Waals surface area contributed by atoms with Crippen LogP contribution in [-0.4, -0.2) is 24.1 Å². The van der Waals surface area contributed by atoms with Gasteiger partial charge in [-0.25, -0.2) is 4.98 Å². The molecule has 1 aliphatic rings. The molecule has 1 fully saturated rings. The number of carbonyl (C=O) groups excluding carboxylic acids is 1. The van der Waals surface area contributed by atoms with Gasteiger partial charge in [0.25, 0.3) is 0 Å². The van der Waals surface area contributed by atoms with Crippen LogP contribution >= 0.6 is 27.3 Å². The van der Waals surface area contributed by atoms with Gasteiger partial charge in [0.1, 0.15) is 5.01 Å². The monoisotopic (exact) mass is 430 g/mol. The fraction of sp³-hybridized carbons (Fsp3) is 0.300. The van der Waals surface area contributed by atoms with Gasteiger partial charge in [-0.15, -0.1) is 11.3 Å². The van der Waals surface area contributed by atoms with Crippen LogP contribution in [0.4, 0.5) is 0 Å². The zero-order chi connectivity index (χ0) is 18.0. The van der Waals surface area contributed by atoms with E-state index in [1.807, 2.05) is 42.5 Å². The molecule has 0 radical (unpaired) electrons. The van der Waals surface area contributed by atoms with Crippen molar-refractivity contribution in [3.05, 3.63) is 63.6 Å². The number of amides is 1. The number of rotatable bonds is 4. The Hall–Kier alpha value is -1.76. The lowest BCUT2D eigenvalue weighted by Crippen LogP contribution is -2.47. The van der Waals surface area contributed by atoms with Gasteiger partial charge in [-0.05, 0) is 42.7 Å². The van der Waals surface area contributed by atoms with Crippen molar-refractivity contribution in [1.82, 2.24) is 10.3 Å². The molecule has 4 nitrogen and oxygen atoms in total. The number of benzene rings is 2. The molecule has 0 unspecified atom stereocenters. The van der Waals surface area contributed by atoms with Gasteiger partial charge in [0, 0.05) is 17.7 Å². The Balaban J connectivity index is 1.55. The number of ether oxygens (including phenoxy) is 1. The van der Waals surface area contributed by atoms with Crippen LogP contribution in [0.3, 0.4) is 0 Å². The minimum atomic E-state index is -0.532. The summed E-state index contributed by atoms with van der Waals surface area (Å²) in [7, 11) is 0. The molecule has 0 spiro atoms. The molecule has 26 heavy (non-hydrogen) atoms. The molecule has 0 atom stereocenters. The minimum Gasteiger partial charge on any atom is -0.381 e. The molecule has 1 saturated heterocycles. The third-order valence-corrected chi connectivity index (χ3v) is 6.48. The van der Waals surface area contributed by atoms with Gasteiger partial charge in [-0.2, -0.15) is 0 Å². The largest absolute Gasteiger partial charge is 0.381 e. The van der Waals surface area contributed by atoms with Gasteiger partial charge in [-0.3, -0.25) is 4.79 Å². The second-order valence-electron chi connectivity index (χ2n) is 6.46. The van der Waals surface area contributed by atoms with Crippen molar-refractivity contribution in [1.29, 1.82) is 0 Å². The first-order valence-electron chi connectivity index (χ1n) is 8.64. The highest BCUT2D eigenvalue weighted by atomic mass is 79.9. The molecule has 0 bridgehead atoms. The number of hydrogen-bond donors (Lipinski definition) is 1. The van der Waals surface area contributed by atoms with E-state index < -0.39 is 5.41 Å². The maximum absolute atomic E-state index is 13.2. The Morgan fingerprint density at radius 3 is 2.62 bits per heavy atom. The van der Waals surface area contributed by atoms with Crippen LogP contribution in [0.25, 0.3) is 10.2 Å². The molecule has 1 amide bonds. The highest BCUT2D eigenvalue weighted by Crippen LogP contribution is 2.36. The summed E-state index contributed by atoms with van der Waals surface area (Å²) < 4.78 is 7.68. The maximum Gasteiger partial charge on any atom is 0.231 e. The van der Waals surface area contributed by atoms with Gasteiger partial charge in [0.05, 0.1) is 22.2 Å². The van der Waals surface area contributed by atoms with Gasteiger partial charge in [0.15, 0.2) is 0 Å². The fourth-order valence-corrected chi connectivity index (χ4v) is 4.63. The second-order valence-corrected chi connectivity index (χ2v) is 8.49. The summed E-state index contributed by atoms with van der Waals surface area (Å²) in [4.78, 5) is 17.8. The Bertz CT molecular complexity index is 884. The minimum absolute atomic E-state index is 0.0578. The molecule has 1 aliphatic heterocycles. The molecule has 0 aliphatic carbocycles. The average Bonchev–Trinajstić information content (AvgIpc) is 3.10. The Morgan fingerprint density at radius 2 is 1.88 bits per heavy atom. The molecule has 2 heterocycles. The lowest BCUT2D eigenvalue weighted by atomic mass is 9.73. The average molecular weight is 431 g/mol. The number of aromatic nitrogens is 1. The van der Waals surface area contributed by atoms with Gasteiger partial charge in [-0.1, -0.05) is 40.2 Å². The predicted octanol–water partition coefficient (Wildman–Crippen LogP) is 4.42. The summed E-state index contributed by atoms with van der Waals surface area (Å²) in [5, 5.41) is 4.05. The first-order valence-corrected chi connectivity index (χ1v) is 10.2. The van der Waals surface area contributed by atoms with E-state index in [4.69, 9.17) is 4.74 Å². The molecule has 2 aromatic carbocycles. The van der Waals surface area contributed by atoms with Crippen molar-refractivity contribution < 1.29 is 9.53 Å². The quantitative estimate of drug-likeness (QED) is 0.665. The van der Waals surface area contributed by atoms with Crippen LogP contribution < -0.4 is 5.32 Å². The van der Waals surface area contributed by atoms with Crippen molar-refractivity contribution in [2.45, 2.75) is 24.8 Å². The van der Waals surface area contributed by atoms with Crippen molar-refractivity contribution in [3.63, 3.8) is 0 Å². The van der Waals surface area contributed by atoms with E-state index in [1.54, 1.807) is 11.3 Å². The zero-order valence-electron chi connectivity index (χ0n) is 14.2. The standard InChI is InChI=1S/C20H19BrN2O2S/c21-15-7-5-14(6-8-15)20(9-11-25-12-10-20)19(24)22-13-18-23-16-3-1-2-4-17(16)26-18/h1-8H,9-13H2,(H,22,24). The molecule has 1 N–H and O–H groups in total. The second kappa shape index (κ2) is 7.47. The number of nitrogens with one attached hydrogen (secondary N) is 1. The summed E-state index contributed by atoms with van der Waals surface area (Å²) in [5.74, 6) is 0.0578. The first-order chi connectivity index (χ1) is 12.7. The molecule has 3 aromatic rings. The van der Waals surface area contributed by atoms with E-state index >= 15 is 0 Å². The number of nitrogens with zero attached hydrogens (tertiary/aromatic N) is 1. The van der Waals surface area contributed by atoms with E-state index in [9.17, 15) is 4.79 Å². The number of thiazole rings is 1. The third kappa shape index (κ3) is 3.41. The van der Waals surface area contributed by atoms with Crippen LogP contribution in [0.2, 0.25) is 0 Å². The Morgan fingerprint density at radius 1 is 1.15 bits per heavy atom. The molecular weight excluding hydrogens is 412 g/mol. The SMILES string of the molecule is O=C(NCc1nc2ccccc2s1)C1(c2ccc(Br)cc2)CCOCC1. The Labute approximate surface area is 164 Å². The molecule has 6 heteroatoms. The van der Waals surface area contributed by atoms with Gasteiger partial charge in [0.2, 0.25) is 5.91 Å². The molecule has 1 aromatic heterocycles. The van der Waals surface area contributed by atoms with E-state index in [2.05, 4.69) is 32.3 Å². The van der Waals surface area contributed by atoms with Crippen LogP contribution in [-0.2, 0) is 21.5 Å².